The van der Waals surface area contributed by atoms with Crippen LogP contribution in [-0.2, 0) is 14.8 Å². The fraction of sp³-hybridized carbons (Fsp3) is 0.588. The average molecular weight is 353 g/mol. The van der Waals surface area contributed by atoms with Crippen molar-refractivity contribution >= 4 is 15.9 Å². The van der Waals surface area contributed by atoms with Gasteiger partial charge in [-0.25, -0.2) is 8.42 Å². The van der Waals surface area contributed by atoms with Gasteiger partial charge < -0.3 is 4.90 Å². The highest BCUT2D eigenvalue weighted by molar-refractivity contribution is 7.88. The Morgan fingerprint density at radius 3 is 2.08 bits per heavy atom. The second-order valence-electron chi connectivity index (χ2n) is 6.02. The number of hydrogen-bond acceptors (Lipinski definition) is 4. The lowest BCUT2D eigenvalue weighted by Crippen LogP contribution is -2.52. The van der Waals surface area contributed by atoms with Crippen molar-refractivity contribution in [2.75, 3.05) is 45.5 Å². The summed E-state index contributed by atoms with van der Waals surface area (Å²) in [5, 5.41) is 0. The van der Waals surface area contributed by atoms with Crippen molar-refractivity contribution in [2.24, 2.45) is 0 Å². The predicted molar refractivity (Wildman–Crippen MR) is 95.1 cm³/mol. The topological polar surface area (TPSA) is 60.9 Å². The Bertz CT molecular complexity index is 636. The lowest BCUT2D eigenvalue weighted by molar-refractivity contribution is -0.137. The summed E-state index contributed by atoms with van der Waals surface area (Å²) in [5.41, 5.74) is 0.960. The zero-order valence-corrected chi connectivity index (χ0v) is 15.5. The van der Waals surface area contributed by atoms with E-state index in [4.69, 9.17) is 0 Å². The van der Waals surface area contributed by atoms with Gasteiger partial charge >= 0.3 is 0 Å². The molecule has 0 N–H and O–H groups in total. The van der Waals surface area contributed by atoms with E-state index in [1.807, 2.05) is 49.1 Å². The molecule has 1 amide bonds. The summed E-state index contributed by atoms with van der Waals surface area (Å²) in [7, 11) is -3.17. The van der Waals surface area contributed by atoms with Gasteiger partial charge in [0, 0.05) is 39.3 Å². The quantitative estimate of drug-likeness (QED) is 0.770. The molecule has 0 aromatic heterocycles. The zero-order valence-electron chi connectivity index (χ0n) is 14.7. The molecule has 0 radical (unpaired) electrons. The molecule has 134 valence electrons. The highest BCUT2D eigenvalue weighted by atomic mass is 32.2. The maximum atomic E-state index is 13.0. The summed E-state index contributed by atoms with van der Waals surface area (Å²) in [6.07, 6.45) is 1.23. The van der Waals surface area contributed by atoms with Gasteiger partial charge in [-0.05, 0) is 19.4 Å². The number of amides is 1. The summed E-state index contributed by atoms with van der Waals surface area (Å²) < 4.78 is 24.9. The maximum Gasteiger partial charge on any atom is 0.244 e. The second-order valence-corrected chi connectivity index (χ2v) is 8.00. The zero-order chi connectivity index (χ0) is 17.7. The van der Waals surface area contributed by atoms with E-state index < -0.39 is 10.0 Å². The van der Waals surface area contributed by atoms with E-state index in [-0.39, 0.29) is 11.9 Å². The molecule has 1 atom stereocenters. The Morgan fingerprint density at radius 1 is 1.08 bits per heavy atom. The maximum absolute atomic E-state index is 13.0. The number of rotatable bonds is 6. The van der Waals surface area contributed by atoms with Crippen LogP contribution in [0.4, 0.5) is 0 Å². The molecule has 1 aromatic rings. The normalized spacial score (nSPS) is 18.3. The van der Waals surface area contributed by atoms with E-state index >= 15 is 0 Å². The minimum absolute atomic E-state index is 0.0824. The Kier molecular flexibility index (Phi) is 6.37. The van der Waals surface area contributed by atoms with Crippen LogP contribution in [0.15, 0.2) is 30.3 Å². The van der Waals surface area contributed by atoms with Gasteiger partial charge in [0.15, 0.2) is 0 Å². The molecule has 1 fully saturated rings. The molecule has 6 nitrogen and oxygen atoms in total. The SMILES string of the molecule is CCN(CC)C(=O)C(c1ccccc1)N1CCN(S(C)(=O)=O)CC1. The second kappa shape index (κ2) is 8.09. The van der Waals surface area contributed by atoms with E-state index in [1.54, 1.807) is 0 Å². The van der Waals surface area contributed by atoms with Crippen molar-refractivity contribution in [3.05, 3.63) is 35.9 Å². The highest BCUT2D eigenvalue weighted by Crippen LogP contribution is 2.25. The van der Waals surface area contributed by atoms with Crippen LogP contribution in [0.5, 0.6) is 0 Å². The summed E-state index contributed by atoms with van der Waals surface area (Å²) in [6, 6.07) is 9.39. The van der Waals surface area contributed by atoms with Crippen LogP contribution >= 0.6 is 0 Å². The molecule has 1 aromatic carbocycles. The Labute approximate surface area is 145 Å². The Balaban J connectivity index is 2.23. The van der Waals surface area contributed by atoms with Crippen LogP contribution in [-0.4, -0.2) is 74.0 Å². The molecule has 1 heterocycles. The van der Waals surface area contributed by atoms with Gasteiger partial charge in [0.2, 0.25) is 15.9 Å². The van der Waals surface area contributed by atoms with Gasteiger partial charge in [-0.3, -0.25) is 9.69 Å². The van der Waals surface area contributed by atoms with Crippen LogP contribution < -0.4 is 0 Å². The third-order valence-electron chi connectivity index (χ3n) is 4.53. The molecule has 2 rings (SSSR count). The molecule has 1 saturated heterocycles. The summed E-state index contributed by atoms with van der Waals surface area (Å²) in [6.45, 7) is 7.25. The van der Waals surface area contributed by atoms with Gasteiger partial charge in [-0.15, -0.1) is 0 Å². The first-order valence-electron chi connectivity index (χ1n) is 8.41. The van der Waals surface area contributed by atoms with E-state index in [0.717, 1.165) is 5.56 Å². The fourth-order valence-electron chi connectivity index (χ4n) is 3.15. The Morgan fingerprint density at radius 2 is 1.62 bits per heavy atom. The lowest BCUT2D eigenvalue weighted by Gasteiger charge is -2.39. The first kappa shape index (κ1) is 18.9. The monoisotopic (exact) mass is 353 g/mol. The van der Waals surface area contributed by atoms with Gasteiger partial charge in [0.25, 0.3) is 0 Å². The van der Waals surface area contributed by atoms with Crippen molar-refractivity contribution < 1.29 is 13.2 Å². The number of sulfonamides is 1. The average Bonchev–Trinajstić information content (AvgIpc) is 2.57. The lowest BCUT2D eigenvalue weighted by atomic mass is 10.0. The number of nitrogens with zero attached hydrogens (tertiary/aromatic N) is 3. The molecular formula is C17H27N3O3S. The number of carbonyl (C=O) groups is 1. The van der Waals surface area contributed by atoms with Crippen molar-refractivity contribution in [2.45, 2.75) is 19.9 Å². The summed E-state index contributed by atoms with van der Waals surface area (Å²) in [4.78, 5) is 17.0. The van der Waals surface area contributed by atoms with E-state index in [9.17, 15) is 13.2 Å². The van der Waals surface area contributed by atoms with Crippen molar-refractivity contribution in [1.82, 2.24) is 14.1 Å². The first-order valence-corrected chi connectivity index (χ1v) is 10.3. The van der Waals surface area contributed by atoms with Crippen molar-refractivity contribution in [3.63, 3.8) is 0 Å². The van der Waals surface area contributed by atoms with E-state index in [0.29, 0.717) is 39.3 Å². The molecule has 24 heavy (non-hydrogen) atoms. The molecule has 0 spiro atoms. The Hall–Kier alpha value is -1.44. The molecule has 1 aliphatic rings. The van der Waals surface area contributed by atoms with Crippen LogP contribution in [0.3, 0.4) is 0 Å². The number of likely N-dealkylation sites (N-methyl/N-ethyl adjacent to an activating group) is 1. The van der Waals surface area contributed by atoms with Gasteiger partial charge in [-0.2, -0.15) is 4.31 Å². The van der Waals surface area contributed by atoms with Gasteiger partial charge in [0.05, 0.1) is 6.26 Å². The molecule has 1 aliphatic heterocycles. The third kappa shape index (κ3) is 4.34. The molecule has 0 saturated carbocycles. The van der Waals surface area contributed by atoms with E-state index in [2.05, 4.69) is 4.90 Å². The van der Waals surface area contributed by atoms with Crippen molar-refractivity contribution in [1.29, 1.82) is 0 Å². The summed E-state index contributed by atoms with van der Waals surface area (Å²) >= 11 is 0. The minimum atomic E-state index is -3.17. The van der Waals surface area contributed by atoms with Crippen LogP contribution in [0.25, 0.3) is 0 Å². The molecule has 0 aliphatic carbocycles. The first-order chi connectivity index (χ1) is 11.4. The predicted octanol–water partition coefficient (Wildman–Crippen LogP) is 1.17. The largest absolute Gasteiger partial charge is 0.342 e. The molecule has 0 bridgehead atoms. The molecule has 1 unspecified atom stereocenters. The fourth-order valence-corrected chi connectivity index (χ4v) is 3.97. The van der Waals surface area contributed by atoms with Crippen molar-refractivity contribution in [3.8, 4) is 0 Å². The number of benzene rings is 1. The van der Waals surface area contributed by atoms with Crippen LogP contribution in [0.2, 0.25) is 0 Å². The van der Waals surface area contributed by atoms with Gasteiger partial charge in [-0.1, -0.05) is 30.3 Å². The number of piperazine rings is 1. The molecule has 7 heteroatoms. The standard InChI is InChI=1S/C17H27N3O3S/c1-4-18(5-2)17(21)16(15-9-7-6-8-10-15)19-11-13-20(14-12-19)24(3,22)23/h6-10,16H,4-5,11-14H2,1-3H3. The summed E-state index contributed by atoms with van der Waals surface area (Å²) in [5.74, 6) is 0.0824. The van der Waals surface area contributed by atoms with Gasteiger partial charge in [0.1, 0.15) is 6.04 Å². The van der Waals surface area contributed by atoms with Crippen LogP contribution in [0.1, 0.15) is 25.5 Å². The highest BCUT2D eigenvalue weighted by Gasteiger charge is 2.34. The van der Waals surface area contributed by atoms with Crippen LogP contribution in [0, 0.1) is 0 Å². The number of hydrogen-bond donors (Lipinski definition) is 0. The smallest absolute Gasteiger partial charge is 0.244 e. The van der Waals surface area contributed by atoms with E-state index in [1.165, 1.54) is 10.6 Å². The minimum Gasteiger partial charge on any atom is -0.342 e. The number of carbonyl (C=O) groups excluding carboxylic acids is 1. The third-order valence-corrected chi connectivity index (χ3v) is 5.83. The molecular weight excluding hydrogens is 326 g/mol.